The van der Waals surface area contributed by atoms with Crippen LogP contribution in [0.4, 0.5) is 0 Å². The summed E-state index contributed by atoms with van der Waals surface area (Å²) in [5, 5.41) is 7.49. The van der Waals surface area contributed by atoms with Crippen LogP contribution in [0.2, 0.25) is 0 Å². The molecule has 7 heteroatoms. The van der Waals surface area contributed by atoms with E-state index >= 15 is 0 Å². The van der Waals surface area contributed by atoms with Crippen molar-refractivity contribution in [1.29, 1.82) is 0 Å². The Morgan fingerprint density at radius 3 is 0.985 bits per heavy atom. The second kappa shape index (κ2) is 22.2. The molecular weight excluding hydrogens is 959 g/mol. The molecule has 2 nitrogen and oxygen atoms in total. The Kier molecular flexibility index (Phi) is 16.5. The number of benzene rings is 8. The average Bonchev–Trinajstić information content (AvgIpc) is 4.02. The van der Waals surface area contributed by atoms with Gasteiger partial charge in [-0.3, -0.25) is 0 Å². The molecule has 0 saturated heterocycles. The van der Waals surface area contributed by atoms with Crippen LogP contribution in [0.3, 0.4) is 0 Å². The molecule has 66 heavy (non-hydrogen) atoms. The Morgan fingerprint density at radius 1 is 0.364 bits per heavy atom. The number of fused-ring (bicyclic) bond motifs is 2. The van der Waals surface area contributed by atoms with Crippen molar-refractivity contribution < 1.29 is 59.9 Å². The summed E-state index contributed by atoms with van der Waals surface area (Å²) in [5.74, 6) is 0.200. The van der Waals surface area contributed by atoms with Gasteiger partial charge in [0, 0.05) is 30.5 Å². The SMILES string of the molecule is C1=CC(C(CCCO[Si](c2ccccc2)(c2ccccc2)c2ccccc2)(CO[Si](c2ccccc2)(c2ccccc2)c2ccccc2)C2C=Cc3ccccc32)c2ccccc21.[Cl-].[Cl-].[Zr+2]. The Bertz CT molecular complexity index is 2560. The summed E-state index contributed by atoms with van der Waals surface area (Å²) in [4.78, 5) is 0. The monoisotopic (exact) mass is 1010 g/mol. The third-order valence-electron chi connectivity index (χ3n) is 13.6. The van der Waals surface area contributed by atoms with E-state index in [1.807, 2.05) is 0 Å². The van der Waals surface area contributed by atoms with Gasteiger partial charge in [-0.15, -0.1) is 0 Å². The van der Waals surface area contributed by atoms with Gasteiger partial charge in [0.05, 0.1) is 0 Å². The van der Waals surface area contributed by atoms with Gasteiger partial charge in [0.25, 0.3) is 16.6 Å². The largest absolute Gasteiger partial charge is 2.00 e. The Hall–Kier alpha value is -4.94. The summed E-state index contributed by atoms with van der Waals surface area (Å²) >= 11 is 0. The Labute approximate surface area is 424 Å². The maximum atomic E-state index is 8.15. The van der Waals surface area contributed by atoms with Crippen molar-refractivity contribution in [1.82, 2.24) is 0 Å². The van der Waals surface area contributed by atoms with Crippen molar-refractivity contribution in [3.05, 3.63) is 265 Å². The summed E-state index contributed by atoms with van der Waals surface area (Å²) in [6.07, 6.45) is 11.4. The quantitative estimate of drug-likeness (QED) is 0.0836. The summed E-state index contributed by atoms with van der Waals surface area (Å²) in [5.41, 5.74) is 4.93. The molecule has 0 radical (unpaired) electrons. The van der Waals surface area contributed by atoms with E-state index in [9.17, 15) is 0 Å². The van der Waals surface area contributed by atoms with Crippen LogP contribution in [0.1, 0.15) is 46.9 Å². The van der Waals surface area contributed by atoms with Gasteiger partial charge in [-0.1, -0.05) is 255 Å². The first-order valence-corrected chi connectivity index (χ1v) is 26.2. The molecule has 0 aromatic heterocycles. The van der Waals surface area contributed by atoms with Gasteiger partial charge < -0.3 is 33.7 Å². The van der Waals surface area contributed by atoms with Crippen LogP contribution in [-0.4, -0.2) is 29.8 Å². The smallest absolute Gasteiger partial charge is 1.00 e. The van der Waals surface area contributed by atoms with Gasteiger partial charge in [-0.05, 0) is 66.2 Å². The minimum atomic E-state index is -3.10. The van der Waals surface area contributed by atoms with Gasteiger partial charge in [-0.2, -0.15) is 0 Å². The normalized spacial score (nSPS) is 15.6. The van der Waals surface area contributed by atoms with Crippen molar-refractivity contribution in [2.45, 2.75) is 24.7 Å². The van der Waals surface area contributed by atoms with E-state index in [0.717, 1.165) is 12.8 Å². The van der Waals surface area contributed by atoms with Crippen molar-refractivity contribution in [3.8, 4) is 0 Å². The third-order valence-corrected chi connectivity index (χ3v) is 21.7. The van der Waals surface area contributed by atoms with Crippen molar-refractivity contribution in [2.75, 3.05) is 13.2 Å². The zero-order valence-electron chi connectivity index (χ0n) is 36.8. The molecule has 0 amide bonds. The molecule has 0 aliphatic heterocycles. The van der Waals surface area contributed by atoms with E-state index in [0.29, 0.717) is 13.2 Å². The van der Waals surface area contributed by atoms with Crippen LogP contribution < -0.4 is 55.9 Å². The van der Waals surface area contributed by atoms with Crippen LogP contribution >= 0.6 is 0 Å². The van der Waals surface area contributed by atoms with Crippen LogP contribution in [0.5, 0.6) is 0 Å². The maximum absolute atomic E-state index is 8.15. The molecular formula is C59H52Cl2O2Si2Zr. The topological polar surface area (TPSA) is 18.5 Å². The van der Waals surface area contributed by atoms with Gasteiger partial charge >= 0.3 is 26.2 Å². The second-order valence-electron chi connectivity index (χ2n) is 17.0. The molecule has 8 aromatic carbocycles. The minimum Gasteiger partial charge on any atom is -1.00 e. The molecule has 8 aromatic rings. The van der Waals surface area contributed by atoms with Gasteiger partial charge in [0.15, 0.2) is 0 Å². The average molecular weight is 1010 g/mol. The molecule has 0 saturated carbocycles. The number of hydrogen-bond acceptors (Lipinski definition) is 2. The molecule has 2 aliphatic carbocycles. The van der Waals surface area contributed by atoms with Crippen molar-refractivity contribution >= 4 is 59.9 Å². The number of hydrogen-bond donors (Lipinski definition) is 0. The van der Waals surface area contributed by atoms with Crippen molar-refractivity contribution in [2.24, 2.45) is 5.41 Å². The zero-order valence-corrected chi connectivity index (χ0v) is 42.8. The maximum Gasteiger partial charge on any atom is 2.00 e. The predicted molar refractivity (Wildman–Crippen MR) is 268 cm³/mol. The third kappa shape index (κ3) is 9.20. The Balaban J connectivity index is 0.00000216. The summed E-state index contributed by atoms with van der Waals surface area (Å²) < 4.78 is 15.8. The molecule has 2 atom stereocenters. The van der Waals surface area contributed by atoms with Crippen LogP contribution in [0.15, 0.2) is 243 Å². The first-order chi connectivity index (χ1) is 31.2. The van der Waals surface area contributed by atoms with E-state index in [1.54, 1.807) is 0 Å². The molecule has 2 aliphatic rings. The van der Waals surface area contributed by atoms with E-state index in [4.69, 9.17) is 8.85 Å². The molecule has 0 fully saturated rings. The molecule has 326 valence electrons. The van der Waals surface area contributed by atoms with Crippen molar-refractivity contribution in [3.63, 3.8) is 0 Å². The van der Waals surface area contributed by atoms with E-state index < -0.39 is 16.6 Å². The molecule has 0 N–H and O–H groups in total. The van der Waals surface area contributed by atoms with Gasteiger partial charge in [-0.25, -0.2) is 0 Å². The fraction of sp³-hybridized carbons (Fsp3) is 0.119. The molecule has 10 rings (SSSR count). The first kappa shape index (κ1) is 49.0. The van der Waals surface area contributed by atoms with Crippen LogP contribution in [0, 0.1) is 5.41 Å². The summed E-state index contributed by atoms with van der Waals surface area (Å²) in [7, 11) is -6.03. The second-order valence-corrected chi connectivity index (χ2v) is 23.7. The van der Waals surface area contributed by atoms with Gasteiger partial charge in [0.2, 0.25) is 0 Å². The zero-order chi connectivity index (χ0) is 42.4. The standard InChI is InChI=1S/C59H52O2Si2.2ClH.Zr/c1-7-26-49(27-8-1)62(50-28-9-2-10-29-50,51-30-11-3-12-31-51)60-45-23-44-59(57-42-40-47-24-19-21-38-55(47)57,58-43-41-48-25-20-22-39-56(48)58)46-61-63(52-32-13-4-14-33-52,53-34-15-5-16-35-53)54-36-17-6-18-37-54;;;/h1-22,24-43,57-58H,23,44-46H2;2*1H;/q;;;+2/p-2. The molecule has 0 heterocycles. The fourth-order valence-electron chi connectivity index (χ4n) is 10.7. The molecule has 0 spiro atoms. The number of allylic oxidation sites excluding steroid dienone is 2. The first-order valence-electron chi connectivity index (χ1n) is 22.4. The van der Waals surface area contributed by atoms with Crippen LogP contribution in [-0.2, 0) is 35.1 Å². The fourth-order valence-corrected chi connectivity index (χ4v) is 18.6. The summed E-state index contributed by atoms with van der Waals surface area (Å²) in [6.45, 7) is 1.14. The number of rotatable bonds is 16. The predicted octanol–water partition coefficient (Wildman–Crippen LogP) is 3.75. The van der Waals surface area contributed by atoms with E-state index in [2.05, 4.69) is 255 Å². The van der Waals surface area contributed by atoms with E-state index in [-0.39, 0.29) is 68.3 Å². The number of halogens is 2. The summed E-state index contributed by atoms with van der Waals surface area (Å²) in [6, 6.07) is 84.0. The molecule has 0 bridgehead atoms. The molecule has 2 unspecified atom stereocenters. The Morgan fingerprint density at radius 2 is 0.652 bits per heavy atom. The van der Waals surface area contributed by atoms with Gasteiger partial charge in [0.1, 0.15) is 0 Å². The van der Waals surface area contributed by atoms with Crippen LogP contribution in [0.25, 0.3) is 12.2 Å². The minimum absolute atomic E-state index is 0. The van der Waals surface area contributed by atoms with E-state index in [1.165, 1.54) is 53.4 Å².